The minimum atomic E-state index is -1.84. The van der Waals surface area contributed by atoms with Gasteiger partial charge in [-0.3, -0.25) is 4.79 Å². The van der Waals surface area contributed by atoms with Crippen molar-refractivity contribution in [2.45, 2.75) is 39.0 Å². The van der Waals surface area contributed by atoms with Crippen molar-refractivity contribution in [3.63, 3.8) is 0 Å². The van der Waals surface area contributed by atoms with E-state index in [1.807, 2.05) is 13.0 Å². The number of aromatic hydroxyl groups is 1. The Morgan fingerprint density at radius 3 is 2.82 bits per heavy atom. The number of ether oxygens (including phenoxy) is 1. The highest BCUT2D eigenvalue weighted by Gasteiger charge is 2.45. The van der Waals surface area contributed by atoms with Crippen LogP contribution in [-0.4, -0.2) is 25.7 Å². The van der Waals surface area contributed by atoms with Crippen LogP contribution in [0, 0.1) is 6.92 Å². The molecule has 7 heteroatoms. The molecule has 0 saturated carbocycles. The normalized spacial score (nSPS) is 19.9. The number of aryl methyl sites for hydroxylation is 1. The number of nitrogens with zero attached hydrogens (tertiary/aromatic N) is 2. The number of phenols is 1. The average molecular weight is 378 g/mol. The molecule has 1 aromatic carbocycles. The molecule has 0 amide bonds. The molecule has 0 saturated heterocycles. The number of carbonyl (C=O) groups is 1. The van der Waals surface area contributed by atoms with Gasteiger partial charge in [0.25, 0.3) is 5.56 Å². The number of cyclic esters (lactones) is 1. The van der Waals surface area contributed by atoms with Crippen molar-refractivity contribution in [2.24, 2.45) is 0 Å². The van der Waals surface area contributed by atoms with Crippen LogP contribution in [0.3, 0.4) is 0 Å². The van der Waals surface area contributed by atoms with Crippen LogP contribution in [0.2, 0.25) is 0 Å². The fourth-order valence-corrected chi connectivity index (χ4v) is 4.19. The number of aliphatic hydroxyl groups is 1. The summed E-state index contributed by atoms with van der Waals surface area (Å²) in [6.07, 6.45) is 0.104. The number of fused-ring (bicyclic) bond motifs is 5. The lowest BCUT2D eigenvalue weighted by Crippen LogP contribution is -2.44. The highest BCUT2D eigenvalue weighted by Crippen LogP contribution is 2.39. The summed E-state index contributed by atoms with van der Waals surface area (Å²) in [7, 11) is 0. The van der Waals surface area contributed by atoms with Crippen molar-refractivity contribution in [1.29, 1.82) is 0 Å². The van der Waals surface area contributed by atoms with Crippen molar-refractivity contribution in [2.75, 3.05) is 0 Å². The number of rotatable bonds is 1. The van der Waals surface area contributed by atoms with Gasteiger partial charge in [0.05, 0.1) is 29.0 Å². The first kappa shape index (κ1) is 16.9. The first-order valence-electron chi connectivity index (χ1n) is 9.14. The second-order valence-electron chi connectivity index (χ2n) is 7.40. The molecule has 2 N–H and O–H groups in total. The maximum absolute atomic E-state index is 13.1. The van der Waals surface area contributed by atoms with Crippen LogP contribution >= 0.6 is 0 Å². The molecule has 0 bridgehead atoms. The lowest BCUT2D eigenvalue weighted by atomic mass is 9.86. The van der Waals surface area contributed by atoms with Gasteiger partial charge < -0.3 is 19.5 Å². The van der Waals surface area contributed by atoms with Crippen molar-refractivity contribution in [1.82, 2.24) is 9.55 Å². The second kappa shape index (κ2) is 5.42. The molecule has 2 aliphatic rings. The third-order valence-corrected chi connectivity index (χ3v) is 5.86. The molecular formula is C21H18N2O5. The zero-order valence-electron chi connectivity index (χ0n) is 15.4. The Hall–Kier alpha value is -3.19. The number of hydrogen-bond donors (Lipinski definition) is 2. The number of pyridine rings is 2. The van der Waals surface area contributed by atoms with Gasteiger partial charge in [-0.05, 0) is 37.1 Å². The molecular weight excluding hydrogens is 360 g/mol. The monoisotopic (exact) mass is 378 g/mol. The summed E-state index contributed by atoms with van der Waals surface area (Å²) in [5.41, 5.74) is 2.01. The maximum Gasteiger partial charge on any atom is 0.343 e. The fraction of sp³-hybridized carbons (Fsp3) is 0.286. The SMILES string of the molecule is CC[C@@]1(O)C(=O)OCc2c1cc1n(c2=O)Cc2cc3c(O)ccc(C)c3nc2-1. The molecule has 1 atom stereocenters. The molecule has 3 aromatic rings. The van der Waals surface area contributed by atoms with Crippen LogP contribution in [-0.2, 0) is 28.3 Å². The van der Waals surface area contributed by atoms with Gasteiger partial charge in [-0.25, -0.2) is 9.78 Å². The van der Waals surface area contributed by atoms with Crippen molar-refractivity contribution < 1.29 is 19.7 Å². The molecule has 0 radical (unpaired) electrons. The maximum atomic E-state index is 13.1. The van der Waals surface area contributed by atoms with Crippen molar-refractivity contribution >= 4 is 16.9 Å². The van der Waals surface area contributed by atoms with Gasteiger partial charge in [-0.2, -0.15) is 0 Å². The van der Waals surface area contributed by atoms with Crippen LogP contribution in [0.15, 0.2) is 29.1 Å². The molecule has 0 spiro atoms. The molecule has 0 fully saturated rings. The van der Waals surface area contributed by atoms with Gasteiger partial charge >= 0.3 is 5.97 Å². The first-order valence-corrected chi connectivity index (χ1v) is 9.14. The summed E-state index contributed by atoms with van der Waals surface area (Å²) >= 11 is 0. The third-order valence-electron chi connectivity index (χ3n) is 5.86. The highest BCUT2D eigenvalue weighted by atomic mass is 16.6. The van der Waals surface area contributed by atoms with Crippen LogP contribution in [0.4, 0.5) is 0 Å². The Balaban J connectivity index is 1.83. The minimum Gasteiger partial charge on any atom is -0.507 e. The summed E-state index contributed by atoms with van der Waals surface area (Å²) in [6, 6.07) is 6.95. The number of carbonyl (C=O) groups excluding carboxylic acids is 1. The summed E-state index contributed by atoms with van der Waals surface area (Å²) < 4.78 is 6.65. The molecule has 2 aliphatic heterocycles. The molecule has 0 unspecified atom stereocenters. The highest BCUT2D eigenvalue weighted by molar-refractivity contribution is 5.91. The Kier molecular flexibility index (Phi) is 3.28. The molecule has 0 aliphatic carbocycles. The largest absolute Gasteiger partial charge is 0.507 e. The van der Waals surface area contributed by atoms with E-state index in [0.717, 1.165) is 11.1 Å². The predicted octanol–water partition coefficient (Wildman–Crippen LogP) is 2.09. The molecule has 2 aromatic heterocycles. The fourth-order valence-electron chi connectivity index (χ4n) is 4.19. The molecule has 142 valence electrons. The van der Waals surface area contributed by atoms with Crippen molar-refractivity contribution in [3.8, 4) is 17.1 Å². The summed E-state index contributed by atoms with van der Waals surface area (Å²) in [6.45, 7) is 3.74. The van der Waals surface area contributed by atoms with Gasteiger partial charge in [0.1, 0.15) is 12.4 Å². The van der Waals surface area contributed by atoms with E-state index in [2.05, 4.69) is 0 Å². The van der Waals surface area contributed by atoms with E-state index >= 15 is 0 Å². The van der Waals surface area contributed by atoms with E-state index in [9.17, 15) is 19.8 Å². The van der Waals surface area contributed by atoms with E-state index in [1.54, 1.807) is 29.7 Å². The number of phenolic OH excluding ortho intramolecular Hbond substituents is 1. The standard InChI is InChI=1S/C21H18N2O5/c1-3-21(27)14-7-15-18-11(6-12-16(24)5-4-10(2)17(12)22-18)8-23(15)19(25)13(14)9-28-20(21)26/h4-7,24,27H,3,8-9H2,1-2H3/t21-/m0/s1. The number of benzene rings is 1. The summed E-state index contributed by atoms with van der Waals surface area (Å²) in [4.78, 5) is 30.0. The van der Waals surface area contributed by atoms with E-state index in [1.165, 1.54) is 0 Å². The van der Waals surface area contributed by atoms with Gasteiger partial charge in [-0.15, -0.1) is 0 Å². The van der Waals surface area contributed by atoms with Gasteiger partial charge in [0, 0.05) is 16.5 Å². The van der Waals surface area contributed by atoms with Gasteiger partial charge in [0.15, 0.2) is 5.60 Å². The summed E-state index contributed by atoms with van der Waals surface area (Å²) in [5, 5.41) is 21.7. The predicted molar refractivity (Wildman–Crippen MR) is 101 cm³/mol. The van der Waals surface area contributed by atoms with E-state index < -0.39 is 11.6 Å². The molecule has 7 nitrogen and oxygen atoms in total. The Labute approximate surface area is 159 Å². The minimum absolute atomic E-state index is 0.104. The topological polar surface area (TPSA) is 102 Å². The van der Waals surface area contributed by atoms with Gasteiger partial charge in [0.2, 0.25) is 0 Å². The van der Waals surface area contributed by atoms with Crippen LogP contribution in [0.25, 0.3) is 22.3 Å². The average Bonchev–Trinajstić information content (AvgIpc) is 3.05. The van der Waals surface area contributed by atoms with E-state index in [4.69, 9.17) is 9.72 Å². The third kappa shape index (κ3) is 1.99. The van der Waals surface area contributed by atoms with Crippen LogP contribution in [0.1, 0.15) is 35.6 Å². The number of esters is 1. The second-order valence-corrected chi connectivity index (χ2v) is 7.40. The Morgan fingerprint density at radius 2 is 2.07 bits per heavy atom. The van der Waals surface area contributed by atoms with E-state index in [-0.39, 0.29) is 24.3 Å². The molecule has 5 rings (SSSR count). The lowest BCUT2D eigenvalue weighted by molar-refractivity contribution is -0.172. The lowest BCUT2D eigenvalue weighted by Gasteiger charge is -2.31. The van der Waals surface area contributed by atoms with Crippen molar-refractivity contribution in [3.05, 3.63) is 56.9 Å². The zero-order valence-corrected chi connectivity index (χ0v) is 15.4. The quantitative estimate of drug-likeness (QED) is 0.492. The van der Waals surface area contributed by atoms with Crippen LogP contribution in [0.5, 0.6) is 5.75 Å². The van der Waals surface area contributed by atoms with Crippen LogP contribution < -0.4 is 5.56 Å². The number of hydrogen-bond acceptors (Lipinski definition) is 6. The smallest absolute Gasteiger partial charge is 0.343 e. The molecule has 28 heavy (non-hydrogen) atoms. The Morgan fingerprint density at radius 1 is 1.29 bits per heavy atom. The molecule has 4 heterocycles. The zero-order chi connectivity index (χ0) is 19.8. The van der Waals surface area contributed by atoms with Gasteiger partial charge in [-0.1, -0.05) is 13.0 Å². The first-order chi connectivity index (χ1) is 13.3. The Bertz CT molecular complexity index is 1260. The number of aromatic nitrogens is 2. The summed E-state index contributed by atoms with van der Waals surface area (Å²) in [5.74, 6) is -0.602. The van der Waals surface area contributed by atoms with E-state index in [0.29, 0.717) is 40.0 Å².